The maximum absolute atomic E-state index is 11.8. The summed E-state index contributed by atoms with van der Waals surface area (Å²) in [6, 6.07) is 9.53. The number of carbonyl (C=O) groups is 1. The van der Waals surface area contributed by atoms with Crippen molar-refractivity contribution in [3.05, 3.63) is 63.2 Å². The number of esters is 1. The van der Waals surface area contributed by atoms with E-state index in [0.29, 0.717) is 11.7 Å². The number of benzene rings is 1. The first-order valence-corrected chi connectivity index (χ1v) is 7.82. The second-order valence-electron chi connectivity index (χ2n) is 4.87. The Morgan fingerprint density at radius 2 is 2.13 bits per heavy atom. The predicted octanol–water partition coefficient (Wildman–Crippen LogP) is 2.62. The number of thiazole rings is 1. The smallest absolute Gasteiger partial charge is 0.326 e. The molecule has 0 aliphatic heterocycles. The predicted molar refractivity (Wildman–Crippen MR) is 85.1 cm³/mol. The third-order valence-corrected chi connectivity index (χ3v) is 4.11. The van der Waals surface area contributed by atoms with Crippen LogP contribution < -0.4 is 4.87 Å². The molecule has 3 rings (SSSR count). The van der Waals surface area contributed by atoms with Crippen LogP contribution in [0.4, 0.5) is 0 Å². The lowest BCUT2D eigenvalue weighted by Gasteiger charge is -2.04. The van der Waals surface area contributed by atoms with E-state index in [1.165, 1.54) is 4.57 Å². The molecule has 0 bridgehead atoms. The summed E-state index contributed by atoms with van der Waals surface area (Å²) in [7, 11) is 0. The molecule has 0 saturated carbocycles. The molecule has 0 aliphatic carbocycles. The highest BCUT2D eigenvalue weighted by molar-refractivity contribution is 7.07. The van der Waals surface area contributed by atoms with Crippen molar-refractivity contribution in [2.45, 2.75) is 20.1 Å². The number of aromatic nitrogens is 2. The summed E-state index contributed by atoms with van der Waals surface area (Å²) in [6.07, 6.45) is 1.59. The van der Waals surface area contributed by atoms with Gasteiger partial charge in [-0.15, -0.1) is 0 Å². The number of nitrogens with zero attached hydrogens (tertiary/aromatic N) is 2. The molecule has 0 fully saturated rings. The molecule has 0 spiro atoms. The number of carbonyl (C=O) groups excluding carboxylic acids is 1. The minimum Gasteiger partial charge on any atom is -0.454 e. The van der Waals surface area contributed by atoms with E-state index in [9.17, 15) is 9.59 Å². The van der Waals surface area contributed by atoms with Crippen molar-refractivity contribution in [3.63, 3.8) is 0 Å². The van der Waals surface area contributed by atoms with Crippen LogP contribution in [0.1, 0.15) is 11.6 Å². The van der Waals surface area contributed by atoms with Crippen molar-refractivity contribution in [2.75, 3.05) is 0 Å². The zero-order valence-corrected chi connectivity index (χ0v) is 13.2. The summed E-state index contributed by atoms with van der Waals surface area (Å²) >= 11 is 1.06. The average molecular weight is 330 g/mol. The lowest BCUT2D eigenvalue weighted by atomic mass is 10.2. The number of hydrogen-bond acceptors (Lipinski definition) is 6. The molecule has 6 nitrogen and oxygen atoms in total. The Kier molecular flexibility index (Phi) is 4.38. The highest BCUT2D eigenvalue weighted by atomic mass is 32.1. The summed E-state index contributed by atoms with van der Waals surface area (Å²) in [5.74, 6) is 0.418. The maximum Gasteiger partial charge on any atom is 0.326 e. The quantitative estimate of drug-likeness (QED) is 0.672. The Morgan fingerprint density at radius 1 is 1.35 bits per heavy atom. The number of aryl methyl sites for hydroxylation is 1. The Hall–Kier alpha value is -2.67. The van der Waals surface area contributed by atoms with Crippen LogP contribution in [-0.2, 0) is 22.7 Å². The maximum atomic E-state index is 11.8. The van der Waals surface area contributed by atoms with Crippen molar-refractivity contribution < 1.29 is 13.9 Å². The van der Waals surface area contributed by atoms with Gasteiger partial charge in [-0.2, -0.15) is 0 Å². The van der Waals surface area contributed by atoms with Gasteiger partial charge in [-0.25, -0.2) is 4.98 Å². The van der Waals surface area contributed by atoms with Gasteiger partial charge in [-0.05, 0) is 6.92 Å². The van der Waals surface area contributed by atoms with Gasteiger partial charge < -0.3 is 9.15 Å². The van der Waals surface area contributed by atoms with Gasteiger partial charge in [-0.1, -0.05) is 41.7 Å². The molecule has 1 aromatic carbocycles. The van der Waals surface area contributed by atoms with Gasteiger partial charge in [0.1, 0.15) is 6.54 Å². The van der Waals surface area contributed by atoms with Gasteiger partial charge in [0.15, 0.2) is 12.4 Å². The molecule has 23 heavy (non-hydrogen) atoms. The number of oxazole rings is 1. The second kappa shape index (κ2) is 6.62. The lowest BCUT2D eigenvalue weighted by molar-refractivity contribution is -0.146. The topological polar surface area (TPSA) is 74.3 Å². The van der Waals surface area contributed by atoms with E-state index in [1.807, 2.05) is 30.3 Å². The molecule has 118 valence electrons. The van der Waals surface area contributed by atoms with Crippen molar-refractivity contribution in [1.82, 2.24) is 9.55 Å². The van der Waals surface area contributed by atoms with E-state index in [0.717, 1.165) is 22.6 Å². The molecule has 2 aromatic heterocycles. The Balaban J connectivity index is 1.60. The molecule has 0 N–H and O–H groups in total. The van der Waals surface area contributed by atoms with Crippen LogP contribution in [0.25, 0.3) is 11.3 Å². The standard InChI is InChI=1S/C16H14N2O4S/c1-11-10-23-16(20)18(11)8-15(19)21-9-14-17-7-13(22-14)12-5-3-2-4-6-12/h2-7,10H,8-9H2,1H3. The molecule has 3 aromatic rings. The van der Waals surface area contributed by atoms with Crippen molar-refractivity contribution in [3.8, 4) is 11.3 Å². The van der Waals surface area contributed by atoms with Gasteiger partial charge in [0.05, 0.1) is 6.20 Å². The lowest BCUT2D eigenvalue weighted by Crippen LogP contribution is -2.22. The first-order valence-electron chi connectivity index (χ1n) is 6.94. The normalized spacial score (nSPS) is 10.7. The van der Waals surface area contributed by atoms with Crippen LogP contribution in [0.2, 0.25) is 0 Å². The zero-order chi connectivity index (χ0) is 16.2. The van der Waals surface area contributed by atoms with E-state index in [2.05, 4.69) is 4.98 Å². The molecule has 2 heterocycles. The third-order valence-electron chi connectivity index (χ3n) is 3.23. The van der Waals surface area contributed by atoms with E-state index in [1.54, 1.807) is 18.5 Å². The van der Waals surface area contributed by atoms with Crippen molar-refractivity contribution in [1.29, 1.82) is 0 Å². The van der Waals surface area contributed by atoms with Crippen LogP contribution in [0, 0.1) is 6.92 Å². The second-order valence-corrected chi connectivity index (χ2v) is 5.69. The number of rotatable bonds is 5. The van der Waals surface area contributed by atoms with Gasteiger partial charge in [0.2, 0.25) is 5.89 Å². The van der Waals surface area contributed by atoms with Crippen molar-refractivity contribution in [2.24, 2.45) is 0 Å². The van der Waals surface area contributed by atoms with Gasteiger partial charge in [0.25, 0.3) is 0 Å². The SMILES string of the molecule is Cc1csc(=O)n1CC(=O)OCc1ncc(-c2ccccc2)o1. The molecule has 0 saturated heterocycles. The highest BCUT2D eigenvalue weighted by Gasteiger charge is 2.12. The Bertz CT molecular complexity index is 864. The minimum atomic E-state index is -0.506. The largest absolute Gasteiger partial charge is 0.454 e. The van der Waals surface area contributed by atoms with Gasteiger partial charge >= 0.3 is 10.8 Å². The van der Waals surface area contributed by atoms with E-state index in [4.69, 9.17) is 9.15 Å². The fourth-order valence-electron chi connectivity index (χ4n) is 2.03. The van der Waals surface area contributed by atoms with E-state index < -0.39 is 5.97 Å². The fraction of sp³-hybridized carbons (Fsp3) is 0.188. The van der Waals surface area contributed by atoms with E-state index >= 15 is 0 Å². The summed E-state index contributed by atoms with van der Waals surface area (Å²) < 4.78 is 12.0. The van der Waals surface area contributed by atoms with Crippen LogP contribution in [0.15, 0.2) is 51.1 Å². The monoisotopic (exact) mass is 330 g/mol. The Labute approximate surface area is 136 Å². The molecule has 7 heteroatoms. The summed E-state index contributed by atoms with van der Waals surface area (Å²) in [5.41, 5.74) is 1.64. The first kappa shape index (κ1) is 15.2. The third kappa shape index (κ3) is 3.57. The van der Waals surface area contributed by atoms with Crippen LogP contribution in [0.5, 0.6) is 0 Å². The molecule has 0 amide bonds. The molecular weight excluding hydrogens is 316 g/mol. The highest BCUT2D eigenvalue weighted by Crippen LogP contribution is 2.19. The van der Waals surface area contributed by atoms with Crippen molar-refractivity contribution >= 4 is 17.3 Å². The average Bonchev–Trinajstić information content (AvgIpc) is 3.16. The number of ether oxygens (including phenoxy) is 1. The van der Waals surface area contributed by atoms with Crippen LogP contribution >= 0.6 is 11.3 Å². The molecular formula is C16H14N2O4S. The Morgan fingerprint density at radius 3 is 2.83 bits per heavy atom. The zero-order valence-electron chi connectivity index (χ0n) is 12.4. The molecule has 0 unspecified atom stereocenters. The van der Waals surface area contributed by atoms with Crippen LogP contribution in [-0.4, -0.2) is 15.5 Å². The van der Waals surface area contributed by atoms with Gasteiger partial charge in [-0.3, -0.25) is 14.2 Å². The fourth-order valence-corrected chi connectivity index (χ4v) is 2.76. The first-order chi connectivity index (χ1) is 11.1. The van der Waals surface area contributed by atoms with Gasteiger partial charge in [0, 0.05) is 16.6 Å². The summed E-state index contributed by atoms with van der Waals surface area (Å²) in [6.45, 7) is 1.59. The molecule has 0 atom stereocenters. The van der Waals surface area contributed by atoms with E-state index in [-0.39, 0.29) is 18.0 Å². The minimum absolute atomic E-state index is 0.0659. The van der Waals surface area contributed by atoms with Crippen LogP contribution in [0.3, 0.4) is 0 Å². The number of hydrogen-bond donors (Lipinski definition) is 0. The summed E-state index contributed by atoms with van der Waals surface area (Å²) in [4.78, 5) is 27.3. The molecule has 0 radical (unpaired) electrons. The molecule has 0 aliphatic rings. The summed E-state index contributed by atoms with van der Waals surface area (Å²) in [5, 5.41) is 1.70.